The standard InChI is InChI=1S/C8H9BrClN3O/c9-6-3-5(4-12-8(6)10)13-7(14)1-2-11/h3-4H,1-2,11H2,(H,13,14). The van der Waals surface area contributed by atoms with E-state index >= 15 is 0 Å². The molecule has 14 heavy (non-hydrogen) atoms. The zero-order valence-electron chi connectivity index (χ0n) is 7.26. The molecule has 0 radical (unpaired) electrons. The minimum Gasteiger partial charge on any atom is -0.330 e. The van der Waals surface area contributed by atoms with Crippen LogP contribution in [0.15, 0.2) is 16.7 Å². The van der Waals surface area contributed by atoms with Crippen LogP contribution in [-0.2, 0) is 4.79 Å². The molecule has 0 aliphatic heterocycles. The van der Waals surface area contributed by atoms with Crippen molar-refractivity contribution < 1.29 is 4.79 Å². The number of nitrogens with two attached hydrogens (primary N) is 1. The van der Waals surface area contributed by atoms with Gasteiger partial charge in [-0.1, -0.05) is 11.6 Å². The Morgan fingerprint density at radius 2 is 2.43 bits per heavy atom. The lowest BCUT2D eigenvalue weighted by atomic mass is 10.3. The Kier molecular flexibility index (Phi) is 4.31. The monoisotopic (exact) mass is 277 g/mol. The van der Waals surface area contributed by atoms with Crippen molar-refractivity contribution in [1.29, 1.82) is 0 Å². The molecular weight excluding hydrogens is 269 g/mol. The molecule has 0 saturated heterocycles. The van der Waals surface area contributed by atoms with Gasteiger partial charge in [0.1, 0.15) is 5.15 Å². The number of carbonyl (C=O) groups excluding carboxylic acids is 1. The molecule has 0 unspecified atom stereocenters. The number of nitrogens with zero attached hydrogens (tertiary/aromatic N) is 1. The summed E-state index contributed by atoms with van der Waals surface area (Å²) in [5.41, 5.74) is 5.83. The summed E-state index contributed by atoms with van der Waals surface area (Å²) in [6.45, 7) is 0.327. The molecule has 76 valence electrons. The van der Waals surface area contributed by atoms with Gasteiger partial charge in [-0.15, -0.1) is 0 Å². The number of aromatic nitrogens is 1. The average molecular weight is 279 g/mol. The van der Waals surface area contributed by atoms with Gasteiger partial charge in [0.25, 0.3) is 0 Å². The molecule has 1 heterocycles. The van der Waals surface area contributed by atoms with Crippen LogP contribution >= 0.6 is 27.5 Å². The van der Waals surface area contributed by atoms with Gasteiger partial charge in [-0.2, -0.15) is 0 Å². The Bertz CT molecular complexity index is 345. The maximum Gasteiger partial charge on any atom is 0.225 e. The van der Waals surface area contributed by atoms with Gasteiger partial charge >= 0.3 is 0 Å². The maximum atomic E-state index is 11.1. The van der Waals surface area contributed by atoms with Crippen molar-refractivity contribution in [3.05, 3.63) is 21.9 Å². The third kappa shape index (κ3) is 3.25. The summed E-state index contributed by atoms with van der Waals surface area (Å²) in [6, 6.07) is 1.68. The summed E-state index contributed by atoms with van der Waals surface area (Å²) < 4.78 is 0.643. The number of nitrogens with one attached hydrogen (secondary N) is 1. The number of amides is 1. The lowest BCUT2D eigenvalue weighted by molar-refractivity contribution is -0.116. The van der Waals surface area contributed by atoms with Crippen LogP contribution in [0.1, 0.15) is 6.42 Å². The molecule has 0 aliphatic carbocycles. The quantitative estimate of drug-likeness (QED) is 0.828. The van der Waals surface area contributed by atoms with Crippen molar-refractivity contribution in [2.24, 2.45) is 5.73 Å². The van der Waals surface area contributed by atoms with Crippen LogP contribution in [0.5, 0.6) is 0 Å². The smallest absolute Gasteiger partial charge is 0.225 e. The van der Waals surface area contributed by atoms with Gasteiger partial charge in [-0.05, 0) is 22.0 Å². The van der Waals surface area contributed by atoms with Gasteiger partial charge in [0.2, 0.25) is 5.91 Å². The highest BCUT2D eigenvalue weighted by Gasteiger charge is 2.03. The molecule has 0 aliphatic rings. The zero-order valence-corrected chi connectivity index (χ0v) is 9.60. The number of anilines is 1. The van der Waals surface area contributed by atoms with Crippen LogP contribution < -0.4 is 11.1 Å². The van der Waals surface area contributed by atoms with E-state index in [1.165, 1.54) is 6.20 Å². The van der Waals surface area contributed by atoms with Crippen LogP contribution in [0.3, 0.4) is 0 Å². The molecule has 1 aromatic rings. The molecule has 4 nitrogen and oxygen atoms in total. The van der Waals surface area contributed by atoms with E-state index < -0.39 is 0 Å². The molecule has 0 saturated carbocycles. The number of hydrogen-bond acceptors (Lipinski definition) is 3. The molecule has 0 fully saturated rings. The van der Waals surface area contributed by atoms with E-state index in [0.29, 0.717) is 28.3 Å². The molecule has 0 atom stereocenters. The third-order valence-electron chi connectivity index (χ3n) is 1.45. The van der Waals surface area contributed by atoms with Crippen LogP contribution in [0.4, 0.5) is 5.69 Å². The summed E-state index contributed by atoms with van der Waals surface area (Å²) in [5, 5.41) is 3.00. The third-order valence-corrected chi connectivity index (χ3v) is 2.59. The van der Waals surface area contributed by atoms with E-state index in [9.17, 15) is 4.79 Å². The number of halogens is 2. The molecule has 1 aromatic heterocycles. The van der Waals surface area contributed by atoms with Gasteiger partial charge in [0.15, 0.2) is 0 Å². The highest BCUT2D eigenvalue weighted by atomic mass is 79.9. The maximum absolute atomic E-state index is 11.1. The molecule has 1 amide bonds. The summed E-state index contributed by atoms with van der Waals surface area (Å²) >= 11 is 8.89. The van der Waals surface area contributed by atoms with Crippen LogP contribution in [0.2, 0.25) is 5.15 Å². The summed E-state index contributed by atoms with van der Waals surface area (Å²) in [5.74, 6) is -0.136. The van der Waals surface area contributed by atoms with Crippen LogP contribution in [0, 0.1) is 0 Å². The van der Waals surface area contributed by atoms with E-state index in [-0.39, 0.29) is 5.91 Å². The molecule has 0 spiro atoms. The van der Waals surface area contributed by atoms with Crippen molar-refractivity contribution in [3.63, 3.8) is 0 Å². The number of carbonyl (C=O) groups is 1. The van der Waals surface area contributed by atoms with E-state index in [2.05, 4.69) is 26.2 Å². The second-order valence-corrected chi connectivity index (χ2v) is 3.80. The highest BCUT2D eigenvalue weighted by molar-refractivity contribution is 9.10. The molecular formula is C8H9BrClN3O. The van der Waals surface area contributed by atoms with Crippen molar-refractivity contribution in [1.82, 2.24) is 4.98 Å². The average Bonchev–Trinajstić information content (AvgIpc) is 2.12. The van der Waals surface area contributed by atoms with Crippen LogP contribution in [-0.4, -0.2) is 17.4 Å². The molecule has 6 heteroatoms. The Balaban J connectivity index is 2.68. The minimum absolute atomic E-state index is 0.136. The van der Waals surface area contributed by atoms with E-state index in [1.807, 2.05) is 0 Å². The van der Waals surface area contributed by atoms with Crippen LogP contribution in [0.25, 0.3) is 0 Å². The van der Waals surface area contributed by atoms with Gasteiger partial charge in [0, 0.05) is 13.0 Å². The SMILES string of the molecule is NCCC(=O)Nc1cnc(Cl)c(Br)c1. The van der Waals surface area contributed by atoms with Crippen molar-refractivity contribution >= 4 is 39.1 Å². The summed E-state index contributed by atoms with van der Waals surface area (Å²) in [4.78, 5) is 15.0. The molecule has 0 aromatic carbocycles. The number of rotatable bonds is 3. The first-order chi connectivity index (χ1) is 6.63. The fourth-order valence-corrected chi connectivity index (χ4v) is 1.30. The Morgan fingerprint density at radius 1 is 1.71 bits per heavy atom. The Morgan fingerprint density at radius 3 is 3.00 bits per heavy atom. The first kappa shape index (κ1) is 11.4. The molecule has 0 bridgehead atoms. The first-order valence-electron chi connectivity index (χ1n) is 3.94. The highest BCUT2D eigenvalue weighted by Crippen LogP contribution is 2.22. The Hall–Kier alpha value is -0.650. The normalized spacial score (nSPS) is 9.93. The fourth-order valence-electron chi connectivity index (χ4n) is 0.844. The van der Waals surface area contributed by atoms with Crippen molar-refractivity contribution in [2.45, 2.75) is 6.42 Å². The predicted molar refractivity (Wildman–Crippen MR) is 59.2 cm³/mol. The minimum atomic E-state index is -0.136. The summed E-state index contributed by atoms with van der Waals surface area (Å²) in [7, 11) is 0. The van der Waals surface area contributed by atoms with E-state index in [4.69, 9.17) is 17.3 Å². The largest absolute Gasteiger partial charge is 0.330 e. The molecule has 1 rings (SSSR count). The van der Waals surface area contributed by atoms with Gasteiger partial charge in [-0.3, -0.25) is 4.79 Å². The summed E-state index contributed by atoms with van der Waals surface area (Å²) in [6.07, 6.45) is 1.78. The molecule has 3 N–H and O–H groups in total. The van der Waals surface area contributed by atoms with E-state index in [1.54, 1.807) is 6.07 Å². The fraction of sp³-hybridized carbons (Fsp3) is 0.250. The van der Waals surface area contributed by atoms with Crippen molar-refractivity contribution in [3.8, 4) is 0 Å². The lowest BCUT2D eigenvalue weighted by Crippen LogP contribution is -2.16. The zero-order chi connectivity index (χ0) is 10.6. The van der Waals surface area contributed by atoms with Gasteiger partial charge in [-0.25, -0.2) is 4.98 Å². The second-order valence-electron chi connectivity index (χ2n) is 2.58. The van der Waals surface area contributed by atoms with Gasteiger partial charge < -0.3 is 11.1 Å². The predicted octanol–water partition coefficient (Wildman–Crippen LogP) is 1.78. The topological polar surface area (TPSA) is 68.0 Å². The van der Waals surface area contributed by atoms with Gasteiger partial charge in [0.05, 0.1) is 16.4 Å². The first-order valence-corrected chi connectivity index (χ1v) is 5.11. The van der Waals surface area contributed by atoms with E-state index in [0.717, 1.165) is 0 Å². The number of hydrogen-bond donors (Lipinski definition) is 2. The second kappa shape index (κ2) is 5.29. The Labute approximate surface area is 95.0 Å². The number of pyridine rings is 1. The van der Waals surface area contributed by atoms with Crippen molar-refractivity contribution in [2.75, 3.05) is 11.9 Å². The lowest BCUT2D eigenvalue weighted by Gasteiger charge is -2.04.